The summed E-state index contributed by atoms with van der Waals surface area (Å²) in [5.74, 6) is 0.249. The van der Waals surface area contributed by atoms with Crippen LogP contribution in [0.1, 0.15) is 5.56 Å². The Morgan fingerprint density at radius 3 is 2.48 bits per heavy atom. The number of phenolic OH excluding ortho intramolecular Hbond substituents is 1. The van der Waals surface area contributed by atoms with Gasteiger partial charge >= 0.3 is 0 Å². The van der Waals surface area contributed by atoms with Crippen molar-refractivity contribution in [3.05, 3.63) is 63.9 Å². The molecule has 0 aliphatic rings. The number of hydrogen-bond donors (Lipinski definition) is 1. The molecule has 0 bridgehead atoms. The molecule has 0 amide bonds. The van der Waals surface area contributed by atoms with Crippen LogP contribution in [0.3, 0.4) is 0 Å². The molecule has 1 N–H and O–H groups in total. The number of aliphatic imine (C=N–C) groups is 1. The van der Waals surface area contributed by atoms with E-state index in [4.69, 9.17) is 0 Å². The number of aromatic nitrogens is 1. The van der Waals surface area contributed by atoms with Gasteiger partial charge in [0.25, 0.3) is 0 Å². The minimum atomic E-state index is 0.249. The summed E-state index contributed by atoms with van der Waals surface area (Å²) >= 11 is 4.92. The van der Waals surface area contributed by atoms with Crippen LogP contribution in [0.4, 0.5) is 5.13 Å². The summed E-state index contributed by atoms with van der Waals surface area (Å²) in [6.07, 6.45) is 1.74. The van der Waals surface area contributed by atoms with E-state index in [1.54, 1.807) is 18.3 Å². The maximum absolute atomic E-state index is 9.23. The van der Waals surface area contributed by atoms with Gasteiger partial charge in [0.1, 0.15) is 5.75 Å². The fraction of sp³-hybridized carbons (Fsp3) is 0. The smallest absolute Gasteiger partial charge is 0.209 e. The first kappa shape index (κ1) is 14.0. The van der Waals surface area contributed by atoms with E-state index in [1.807, 2.05) is 41.8 Å². The van der Waals surface area contributed by atoms with Gasteiger partial charge in [0.2, 0.25) is 5.13 Å². The van der Waals surface area contributed by atoms with Crippen LogP contribution in [-0.2, 0) is 0 Å². The summed E-state index contributed by atoms with van der Waals surface area (Å²) in [5, 5.41) is 11.9. The minimum absolute atomic E-state index is 0.249. The van der Waals surface area contributed by atoms with Gasteiger partial charge < -0.3 is 5.11 Å². The Kier molecular flexibility index (Phi) is 4.13. The van der Waals surface area contributed by atoms with E-state index in [1.165, 1.54) is 11.3 Å². The number of nitrogens with zero attached hydrogens (tertiary/aromatic N) is 2. The highest BCUT2D eigenvalue weighted by Gasteiger charge is 2.03. The molecule has 0 unspecified atom stereocenters. The van der Waals surface area contributed by atoms with Crippen molar-refractivity contribution in [3.63, 3.8) is 0 Å². The Hall–Kier alpha value is -1.98. The van der Waals surface area contributed by atoms with Gasteiger partial charge in [-0.05, 0) is 42.0 Å². The van der Waals surface area contributed by atoms with Crippen molar-refractivity contribution in [2.24, 2.45) is 4.99 Å². The van der Waals surface area contributed by atoms with Crippen molar-refractivity contribution in [1.82, 2.24) is 4.98 Å². The zero-order valence-corrected chi connectivity index (χ0v) is 13.3. The third-order valence-corrected chi connectivity index (χ3v) is 4.13. The van der Waals surface area contributed by atoms with E-state index in [9.17, 15) is 5.11 Å². The zero-order valence-electron chi connectivity index (χ0n) is 10.9. The van der Waals surface area contributed by atoms with Crippen molar-refractivity contribution in [1.29, 1.82) is 0 Å². The second-order valence-electron chi connectivity index (χ2n) is 4.37. The highest BCUT2D eigenvalue weighted by molar-refractivity contribution is 9.10. The van der Waals surface area contributed by atoms with Crippen molar-refractivity contribution < 1.29 is 5.11 Å². The molecule has 21 heavy (non-hydrogen) atoms. The van der Waals surface area contributed by atoms with E-state index in [0.717, 1.165) is 21.3 Å². The molecule has 1 heterocycles. The van der Waals surface area contributed by atoms with Crippen LogP contribution in [0.2, 0.25) is 0 Å². The van der Waals surface area contributed by atoms with Crippen molar-refractivity contribution >= 4 is 38.6 Å². The monoisotopic (exact) mass is 358 g/mol. The molecule has 0 aliphatic carbocycles. The summed E-state index contributed by atoms with van der Waals surface area (Å²) < 4.78 is 1.05. The zero-order chi connectivity index (χ0) is 14.7. The quantitative estimate of drug-likeness (QED) is 0.667. The molecule has 0 aliphatic heterocycles. The fourth-order valence-corrected chi connectivity index (χ4v) is 2.70. The van der Waals surface area contributed by atoms with Crippen LogP contribution >= 0.6 is 27.3 Å². The van der Waals surface area contributed by atoms with Gasteiger partial charge in [-0.15, -0.1) is 11.3 Å². The molecule has 104 valence electrons. The van der Waals surface area contributed by atoms with Crippen LogP contribution in [0.5, 0.6) is 5.75 Å². The highest BCUT2D eigenvalue weighted by Crippen LogP contribution is 2.27. The predicted molar refractivity (Wildman–Crippen MR) is 90.6 cm³/mol. The van der Waals surface area contributed by atoms with E-state index >= 15 is 0 Å². The number of aromatic hydroxyl groups is 1. The van der Waals surface area contributed by atoms with Crippen LogP contribution in [-0.4, -0.2) is 16.3 Å². The molecule has 2 aromatic carbocycles. The Balaban J connectivity index is 1.78. The predicted octanol–water partition coefficient (Wildman–Crippen LogP) is 5.03. The first-order chi connectivity index (χ1) is 10.2. The molecule has 3 nitrogen and oxygen atoms in total. The largest absolute Gasteiger partial charge is 0.508 e. The standard InChI is InChI=1S/C16H11BrN2OS/c17-13-5-3-12(4-6-13)15-10-21-16(19-15)18-9-11-1-7-14(20)8-2-11/h1-10,20H/b18-9+. The average molecular weight is 359 g/mol. The van der Waals surface area contributed by atoms with Gasteiger partial charge in [0, 0.05) is 21.6 Å². The van der Waals surface area contributed by atoms with Crippen LogP contribution in [0.25, 0.3) is 11.3 Å². The second kappa shape index (κ2) is 6.20. The Labute approximate surface area is 134 Å². The molecule has 0 radical (unpaired) electrons. The molecule has 1 aromatic heterocycles. The molecule has 5 heteroatoms. The number of halogens is 1. The van der Waals surface area contributed by atoms with Gasteiger partial charge in [0.05, 0.1) is 5.69 Å². The summed E-state index contributed by atoms with van der Waals surface area (Å²) in [5.41, 5.74) is 2.92. The second-order valence-corrected chi connectivity index (χ2v) is 6.12. The van der Waals surface area contributed by atoms with Gasteiger partial charge in [-0.25, -0.2) is 9.98 Å². The van der Waals surface area contributed by atoms with Crippen LogP contribution in [0.15, 0.2) is 63.4 Å². The first-order valence-corrected chi connectivity index (χ1v) is 7.92. The number of thiazole rings is 1. The fourth-order valence-electron chi connectivity index (χ4n) is 1.77. The Morgan fingerprint density at radius 2 is 1.76 bits per heavy atom. The van der Waals surface area contributed by atoms with E-state index in [-0.39, 0.29) is 5.75 Å². The van der Waals surface area contributed by atoms with Crippen LogP contribution in [0, 0.1) is 0 Å². The average Bonchev–Trinajstić information content (AvgIpc) is 2.96. The lowest BCUT2D eigenvalue weighted by Crippen LogP contribution is -1.79. The van der Waals surface area contributed by atoms with Gasteiger partial charge in [-0.3, -0.25) is 0 Å². The molecular formula is C16H11BrN2OS. The molecular weight excluding hydrogens is 348 g/mol. The van der Waals surface area contributed by atoms with Crippen molar-refractivity contribution in [3.8, 4) is 17.0 Å². The lowest BCUT2D eigenvalue weighted by molar-refractivity contribution is 0.475. The maximum Gasteiger partial charge on any atom is 0.209 e. The Bertz CT molecular complexity index is 764. The lowest BCUT2D eigenvalue weighted by atomic mass is 10.2. The summed E-state index contributed by atoms with van der Waals surface area (Å²) in [4.78, 5) is 8.86. The summed E-state index contributed by atoms with van der Waals surface area (Å²) in [6.45, 7) is 0. The number of rotatable bonds is 3. The van der Waals surface area contributed by atoms with Gasteiger partial charge in [-0.1, -0.05) is 28.1 Å². The topological polar surface area (TPSA) is 45.5 Å². The summed E-state index contributed by atoms with van der Waals surface area (Å²) in [6, 6.07) is 14.9. The van der Waals surface area contributed by atoms with Crippen LogP contribution < -0.4 is 0 Å². The molecule has 0 fully saturated rings. The van der Waals surface area contributed by atoms with Gasteiger partial charge in [-0.2, -0.15) is 0 Å². The molecule has 0 atom stereocenters. The lowest BCUT2D eigenvalue weighted by Gasteiger charge is -1.95. The molecule has 3 rings (SSSR count). The summed E-state index contributed by atoms with van der Waals surface area (Å²) in [7, 11) is 0. The number of phenols is 1. The van der Waals surface area contributed by atoms with Crippen molar-refractivity contribution in [2.75, 3.05) is 0 Å². The Morgan fingerprint density at radius 1 is 1.05 bits per heavy atom. The normalized spacial score (nSPS) is 11.1. The molecule has 0 spiro atoms. The number of benzene rings is 2. The maximum atomic E-state index is 9.23. The molecule has 3 aromatic rings. The van der Waals surface area contributed by atoms with E-state index in [2.05, 4.69) is 25.9 Å². The molecule has 0 saturated carbocycles. The van der Waals surface area contributed by atoms with E-state index < -0.39 is 0 Å². The molecule has 0 saturated heterocycles. The third kappa shape index (κ3) is 3.56. The SMILES string of the molecule is Oc1ccc(/C=N/c2nc(-c3ccc(Br)cc3)cs2)cc1. The third-order valence-electron chi connectivity index (χ3n) is 2.85. The first-order valence-electron chi connectivity index (χ1n) is 6.25. The van der Waals surface area contributed by atoms with Crippen molar-refractivity contribution in [2.45, 2.75) is 0 Å². The number of hydrogen-bond acceptors (Lipinski definition) is 4. The van der Waals surface area contributed by atoms with E-state index in [0.29, 0.717) is 5.13 Å². The van der Waals surface area contributed by atoms with Gasteiger partial charge in [0.15, 0.2) is 0 Å². The highest BCUT2D eigenvalue weighted by atomic mass is 79.9. The minimum Gasteiger partial charge on any atom is -0.508 e.